The van der Waals surface area contributed by atoms with Crippen LogP contribution in [0.4, 0.5) is 0 Å². The average Bonchev–Trinajstić information content (AvgIpc) is 3.46. The zero-order chi connectivity index (χ0) is 22.1. The number of aryl methyl sites for hydroxylation is 2. The molecule has 0 bridgehead atoms. The van der Waals surface area contributed by atoms with E-state index in [0.29, 0.717) is 18.0 Å². The molecule has 1 N–H and O–H groups in total. The van der Waals surface area contributed by atoms with Gasteiger partial charge in [0.15, 0.2) is 0 Å². The minimum absolute atomic E-state index is 0.533. The van der Waals surface area contributed by atoms with Gasteiger partial charge in [0.2, 0.25) is 0 Å². The van der Waals surface area contributed by atoms with Crippen LogP contribution in [0.25, 0.3) is 11.4 Å². The van der Waals surface area contributed by atoms with E-state index < -0.39 is 0 Å². The molecular weight excluding hydrogens is 392 g/mol. The number of benzene rings is 2. The molecule has 0 radical (unpaired) electrons. The molecule has 0 spiro atoms. The lowest BCUT2D eigenvalue weighted by atomic mass is 9.90. The lowest BCUT2D eigenvalue weighted by molar-refractivity contribution is 0.283. The van der Waals surface area contributed by atoms with Gasteiger partial charge in [0.1, 0.15) is 5.82 Å². The van der Waals surface area contributed by atoms with Gasteiger partial charge in [0.05, 0.1) is 11.6 Å². The fourth-order valence-corrected chi connectivity index (χ4v) is 5.61. The molecule has 0 unspecified atom stereocenters. The van der Waals surface area contributed by atoms with Crippen LogP contribution in [0.1, 0.15) is 59.5 Å². The van der Waals surface area contributed by atoms with Crippen LogP contribution >= 0.6 is 0 Å². The van der Waals surface area contributed by atoms with Crippen LogP contribution < -0.4 is 5.32 Å². The summed E-state index contributed by atoms with van der Waals surface area (Å²) >= 11 is 0. The van der Waals surface area contributed by atoms with Crippen molar-refractivity contribution < 1.29 is 0 Å². The standard InChI is InChI=1S/C28H32N4/c1-19-3-4-20(2)27(13-19)28-30-11-12-32(28)26-9-7-25(8-10-26)31-18-22-15-23-6-5-21(17-29)14-24(23)16-22/h3-6,11-14,22,25-26,31H,7-10,15-16,18H2,1-2H3/t22-,25?,26?/m0/s1. The Morgan fingerprint density at radius 1 is 1.03 bits per heavy atom. The number of nitrogens with zero attached hydrogens (tertiary/aromatic N) is 3. The van der Waals surface area contributed by atoms with Gasteiger partial charge >= 0.3 is 0 Å². The van der Waals surface area contributed by atoms with Crippen LogP contribution in [0.5, 0.6) is 0 Å². The Morgan fingerprint density at radius 2 is 1.84 bits per heavy atom. The molecule has 2 aliphatic rings. The molecule has 1 heterocycles. The Morgan fingerprint density at radius 3 is 2.66 bits per heavy atom. The number of hydrogen-bond donors (Lipinski definition) is 1. The van der Waals surface area contributed by atoms with Crippen LogP contribution in [0.15, 0.2) is 48.8 Å². The molecule has 32 heavy (non-hydrogen) atoms. The molecule has 1 atom stereocenters. The average molecular weight is 425 g/mol. The maximum Gasteiger partial charge on any atom is 0.140 e. The van der Waals surface area contributed by atoms with Crippen molar-refractivity contribution in [3.63, 3.8) is 0 Å². The Bertz CT molecular complexity index is 1140. The highest BCUT2D eigenvalue weighted by Gasteiger charge is 2.26. The van der Waals surface area contributed by atoms with E-state index in [-0.39, 0.29) is 0 Å². The van der Waals surface area contributed by atoms with Crippen molar-refractivity contribution in [3.8, 4) is 17.5 Å². The fourth-order valence-electron chi connectivity index (χ4n) is 5.61. The summed E-state index contributed by atoms with van der Waals surface area (Å²) in [6.45, 7) is 5.40. The number of hydrogen-bond acceptors (Lipinski definition) is 3. The van der Waals surface area contributed by atoms with Crippen molar-refractivity contribution in [2.45, 2.75) is 64.5 Å². The van der Waals surface area contributed by atoms with Gasteiger partial charge in [0, 0.05) is 30.0 Å². The molecule has 0 saturated heterocycles. The predicted octanol–water partition coefficient (Wildman–Crippen LogP) is 5.53. The number of imidazole rings is 1. The molecular formula is C28H32N4. The van der Waals surface area contributed by atoms with Gasteiger partial charge in [-0.25, -0.2) is 4.98 Å². The van der Waals surface area contributed by atoms with Crippen LogP contribution in [-0.2, 0) is 12.8 Å². The molecule has 5 rings (SSSR count). The summed E-state index contributed by atoms with van der Waals surface area (Å²) in [7, 11) is 0. The van der Waals surface area contributed by atoms with Crippen molar-refractivity contribution in [2.75, 3.05) is 6.54 Å². The van der Waals surface area contributed by atoms with Gasteiger partial charge in [-0.15, -0.1) is 0 Å². The molecule has 0 amide bonds. The normalized spacial score (nSPS) is 22.5. The van der Waals surface area contributed by atoms with Crippen molar-refractivity contribution in [1.82, 2.24) is 14.9 Å². The second-order valence-electron chi connectivity index (χ2n) is 9.76. The molecule has 1 saturated carbocycles. The van der Waals surface area contributed by atoms with Gasteiger partial charge in [-0.05, 0) is 99.7 Å². The lowest BCUT2D eigenvalue weighted by Crippen LogP contribution is -2.37. The third-order valence-electron chi connectivity index (χ3n) is 7.44. The number of nitrogens with one attached hydrogen (secondary N) is 1. The monoisotopic (exact) mass is 424 g/mol. The summed E-state index contributed by atoms with van der Waals surface area (Å²) in [5.41, 5.74) is 7.42. The first kappa shape index (κ1) is 21.0. The number of rotatable bonds is 5. The minimum atomic E-state index is 0.533. The highest BCUT2D eigenvalue weighted by Crippen LogP contribution is 2.34. The second-order valence-corrected chi connectivity index (χ2v) is 9.76. The largest absolute Gasteiger partial charge is 0.328 e. The third-order valence-corrected chi connectivity index (χ3v) is 7.44. The summed E-state index contributed by atoms with van der Waals surface area (Å²) < 4.78 is 2.42. The van der Waals surface area contributed by atoms with E-state index >= 15 is 0 Å². The topological polar surface area (TPSA) is 53.6 Å². The molecule has 2 aliphatic carbocycles. The number of nitriles is 1. The zero-order valence-electron chi connectivity index (χ0n) is 19.1. The van der Waals surface area contributed by atoms with Crippen LogP contribution in [-0.4, -0.2) is 22.1 Å². The van der Waals surface area contributed by atoms with Gasteiger partial charge < -0.3 is 9.88 Å². The summed E-state index contributed by atoms with van der Waals surface area (Å²) in [4.78, 5) is 4.73. The molecule has 1 aromatic heterocycles. The van der Waals surface area contributed by atoms with Crippen molar-refractivity contribution in [1.29, 1.82) is 5.26 Å². The van der Waals surface area contributed by atoms with Crippen molar-refractivity contribution in [3.05, 3.63) is 76.6 Å². The first-order valence-corrected chi connectivity index (χ1v) is 12.0. The Hall–Kier alpha value is -2.90. The summed E-state index contributed by atoms with van der Waals surface area (Å²) in [5.74, 6) is 1.77. The fraction of sp³-hybridized carbons (Fsp3) is 0.429. The van der Waals surface area contributed by atoms with E-state index in [1.807, 2.05) is 12.3 Å². The van der Waals surface area contributed by atoms with Gasteiger partial charge in [-0.1, -0.05) is 23.8 Å². The van der Waals surface area contributed by atoms with E-state index in [1.165, 1.54) is 53.5 Å². The maximum atomic E-state index is 9.14. The quantitative estimate of drug-likeness (QED) is 0.586. The molecule has 2 aromatic carbocycles. The third kappa shape index (κ3) is 4.23. The van der Waals surface area contributed by atoms with Gasteiger partial charge in [-0.3, -0.25) is 0 Å². The van der Waals surface area contributed by atoms with Crippen LogP contribution in [0.2, 0.25) is 0 Å². The first-order chi connectivity index (χ1) is 15.6. The Kier molecular flexibility index (Phi) is 5.85. The van der Waals surface area contributed by atoms with Crippen LogP contribution in [0.3, 0.4) is 0 Å². The van der Waals surface area contributed by atoms with Crippen molar-refractivity contribution in [2.24, 2.45) is 5.92 Å². The summed E-state index contributed by atoms with van der Waals surface area (Å²) in [6, 6.07) is 16.2. The highest BCUT2D eigenvalue weighted by molar-refractivity contribution is 5.61. The molecule has 164 valence electrons. The second kappa shape index (κ2) is 8.92. The van der Waals surface area contributed by atoms with E-state index in [9.17, 15) is 0 Å². The maximum absolute atomic E-state index is 9.14. The zero-order valence-corrected chi connectivity index (χ0v) is 19.1. The molecule has 1 fully saturated rings. The number of fused-ring (bicyclic) bond motifs is 1. The predicted molar refractivity (Wildman–Crippen MR) is 128 cm³/mol. The molecule has 4 heteroatoms. The lowest BCUT2D eigenvalue weighted by Gasteiger charge is -2.31. The summed E-state index contributed by atoms with van der Waals surface area (Å²) in [6.07, 6.45) is 11.2. The van der Waals surface area contributed by atoms with E-state index in [1.54, 1.807) is 0 Å². The van der Waals surface area contributed by atoms with Gasteiger partial charge in [-0.2, -0.15) is 5.26 Å². The van der Waals surface area contributed by atoms with E-state index in [0.717, 1.165) is 30.8 Å². The highest BCUT2D eigenvalue weighted by atomic mass is 15.1. The Balaban J connectivity index is 1.16. The van der Waals surface area contributed by atoms with Crippen molar-refractivity contribution >= 4 is 0 Å². The molecule has 0 aliphatic heterocycles. The smallest absolute Gasteiger partial charge is 0.140 e. The first-order valence-electron chi connectivity index (χ1n) is 12.0. The number of aromatic nitrogens is 2. The Labute approximate surface area is 191 Å². The molecule has 3 aromatic rings. The molecule has 4 nitrogen and oxygen atoms in total. The SMILES string of the molecule is Cc1ccc(C)c(-c2nccn2C2CCC(NC[C@H]3Cc4ccc(C#N)cc4C3)CC2)c1. The minimum Gasteiger partial charge on any atom is -0.328 e. The van der Waals surface area contributed by atoms with E-state index in [4.69, 9.17) is 10.2 Å². The van der Waals surface area contributed by atoms with Crippen LogP contribution in [0, 0.1) is 31.1 Å². The van der Waals surface area contributed by atoms with Gasteiger partial charge in [0.25, 0.3) is 0 Å². The van der Waals surface area contributed by atoms with E-state index in [2.05, 4.69) is 66.3 Å². The summed E-state index contributed by atoms with van der Waals surface area (Å²) in [5, 5.41) is 13.0.